The van der Waals surface area contributed by atoms with Gasteiger partial charge in [0.2, 0.25) is 0 Å². The third-order valence-electron chi connectivity index (χ3n) is 1.79. The molecule has 50 valence electrons. The van der Waals surface area contributed by atoms with E-state index in [4.69, 9.17) is 0 Å². The van der Waals surface area contributed by atoms with E-state index in [1.54, 1.807) is 0 Å². The normalized spacial score (nSPS) is 18.9. The van der Waals surface area contributed by atoms with Gasteiger partial charge in [-0.3, -0.25) is 0 Å². The molecule has 0 aliphatic heterocycles. The van der Waals surface area contributed by atoms with Gasteiger partial charge in [0, 0.05) is 0 Å². The molecule has 0 heterocycles. The van der Waals surface area contributed by atoms with Crippen molar-refractivity contribution in [1.29, 1.82) is 0 Å². The molecular weight excluding hydrogens is 108 g/mol. The molecule has 9 heavy (non-hydrogen) atoms. The molecule has 1 aliphatic rings. The van der Waals surface area contributed by atoms with Gasteiger partial charge in [-0.05, 0) is 26.2 Å². The zero-order valence-corrected chi connectivity index (χ0v) is 6.28. The average Bonchev–Trinajstić information content (AvgIpc) is 1.88. The minimum Gasteiger partial charge on any atom is -0.0810 e. The molecule has 0 aromatic carbocycles. The van der Waals surface area contributed by atoms with Crippen molar-refractivity contribution in [1.82, 2.24) is 0 Å². The summed E-state index contributed by atoms with van der Waals surface area (Å²) < 4.78 is 0. The molecule has 0 aromatic heterocycles. The van der Waals surface area contributed by atoms with Crippen molar-refractivity contribution in [2.24, 2.45) is 0 Å². The van der Waals surface area contributed by atoms with Crippen LogP contribution in [-0.4, -0.2) is 0 Å². The highest BCUT2D eigenvalue weighted by atomic mass is 14.0. The summed E-state index contributed by atoms with van der Waals surface area (Å²) in [6.07, 6.45) is 8.36. The lowest BCUT2D eigenvalue weighted by Crippen LogP contribution is -1.87. The first-order chi connectivity index (χ1) is 4.33. The van der Waals surface area contributed by atoms with Crippen LogP contribution < -0.4 is 0 Å². The molecule has 0 unspecified atom stereocenters. The molecular formula is C9H14. The first kappa shape index (κ1) is 6.60. The fourth-order valence-corrected chi connectivity index (χ4v) is 1.18. The summed E-state index contributed by atoms with van der Waals surface area (Å²) >= 11 is 0. The van der Waals surface area contributed by atoms with Gasteiger partial charge < -0.3 is 0 Å². The highest BCUT2D eigenvalue weighted by Crippen LogP contribution is 2.17. The molecule has 1 rings (SSSR count). The minimum absolute atomic E-state index is 1.19. The van der Waals surface area contributed by atoms with Gasteiger partial charge >= 0.3 is 0 Å². The van der Waals surface area contributed by atoms with Crippen LogP contribution in [0.2, 0.25) is 0 Å². The van der Waals surface area contributed by atoms with Crippen molar-refractivity contribution in [3.63, 3.8) is 0 Å². The lowest BCUT2D eigenvalue weighted by atomic mass is 9.99. The Kier molecular flexibility index (Phi) is 2.10. The van der Waals surface area contributed by atoms with Crippen LogP contribution in [0.5, 0.6) is 0 Å². The van der Waals surface area contributed by atoms with E-state index in [1.165, 1.54) is 30.4 Å². The number of rotatable bonds is 1. The van der Waals surface area contributed by atoms with Crippen LogP contribution in [-0.2, 0) is 0 Å². The van der Waals surface area contributed by atoms with E-state index in [2.05, 4.69) is 26.0 Å². The molecule has 0 bridgehead atoms. The Bertz CT molecular complexity index is 149. The summed E-state index contributed by atoms with van der Waals surface area (Å²) in [6, 6.07) is 0. The van der Waals surface area contributed by atoms with Crippen LogP contribution in [0, 0.1) is 0 Å². The van der Waals surface area contributed by atoms with Gasteiger partial charge in [0.25, 0.3) is 0 Å². The maximum Gasteiger partial charge on any atom is -0.0285 e. The molecule has 0 saturated heterocycles. The highest BCUT2D eigenvalue weighted by molar-refractivity contribution is 5.26. The molecule has 0 fully saturated rings. The second-order valence-electron chi connectivity index (χ2n) is 2.66. The van der Waals surface area contributed by atoms with Crippen molar-refractivity contribution in [3.8, 4) is 0 Å². The van der Waals surface area contributed by atoms with Crippen molar-refractivity contribution in [2.45, 2.75) is 33.1 Å². The molecule has 0 spiro atoms. The largest absolute Gasteiger partial charge is 0.0810 e. The molecule has 0 heteroatoms. The molecule has 0 radical (unpaired) electrons. The van der Waals surface area contributed by atoms with E-state index in [0.717, 1.165) is 0 Å². The third kappa shape index (κ3) is 1.70. The summed E-state index contributed by atoms with van der Waals surface area (Å²) in [5.74, 6) is 0. The molecule has 0 nitrogen and oxygen atoms in total. The quantitative estimate of drug-likeness (QED) is 0.501. The second kappa shape index (κ2) is 2.86. The van der Waals surface area contributed by atoms with E-state index in [0.29, 0.717) is 0 Å². The first-order valence-corrected chi connectivity index (χ1v) is 3.69. The van der Waals surface area contributed by atoms with Crippen molar-refractivity contribution in [3.05, 3.63) is 23.3 Å². The van der Waals surface area contributed by atoms with Crippen LogP contribution in [0.3, 0.4) is 0 Å². The lowest BCUT2D eigenvalue weighted by molar-refractivity contribution is 0.925. The zero-order valence-electron chi connectivity index (χ0n) is 6.28. The van der Waals surface area contributed by atoms with Gasteiger partial charge in [0.1, 0.15) is 0 Å². The van der Waals surface area contributed by atoms with E-state index >= 15 is 0 Å². The van der Waals surface area contributed by atoms with Crippen molar-refractivity contribution >= 4 is 0 Å². The summed E-state index contributed by atoms with van der Waals surface area (Å²) in [5.41, 5.74) is 3.05. The summed E-state index contributed by atoms with van der Waals surface area (Å²) in [7, 11) is 0. The van der Waals surface area contributed by atoms with E-state index in [1.807, 2.05) is 0 Å². The fraction of sp³-hybridized carbons (Fsp3) is 0.556. The average molecular weight is 122 g/mol. The predicted molar refractivity (Wildman–Crippen MR) is 41.4 cm³/mol. The minimum atomic E-state index is 1.19. The smallest absolute Gasteiger partial charge is 0.0285 e. The number of hydrogen-bond donors (Lipinski definition) is 0. The predicted octanol–water partition coefficient (Wildman–Crippen LogP) is 3.06. The maximum absolute atomic E-state index is 2.34. The van der Waals surface area contributed by atoms with Gasteiger partial charge in [0.05, 0.1) is 0 Å². The van der Waals surface area contributed by atoms with Crippen molar-refractivity contribution in [2.75, 3.05) is 0 Å². The van der Waals surface area contributed by atoms with Crippen molar-refractivity contribution < 1.29 is 0 Å². The van der Waals surface area contributed by atoms with Crippen LogP contribution >= 0.6 is 0 Å². The van der Waals surface area contributed by atoms with Crippen LogP contribution in [0.1, 0.15) is 33.1 Å². The fourth-order valence-electron chi connectivity index (χ4n) is 1.18. The number of hydrogen-bond acceptors (Lipinski definition) is 0. The standard InChI is InChI=1S/C9H14/c1-3-9-6-4-5-8(2)7-9/h6-7H,3-5H2,1-2H3. The second-order valence-corrected chi connectivity index (χ2v) is 2.66. The highest BCUT2D eigenvalue weighted by Gasteiger charge is 1.97. The monoisotopic (exact) mass is 122 g/mol. The molecule has 0 saturated carbocycles. The van der Waals surface area contributed by atoms with Gasteiger partial charge in [-0.25, -0.2) is 0 Å². The first-order valence-electron chi connectivity index (χ1n) is 3.69. The summed E-state index contributed by atoms with van der Waals surface area (Å²) in [5, 5.41) is 0. The molecule has 0 amide bonds. The Labute approximate surface area is 57.3 Å². The Hall–Kier alpha value is -0.520. The molecule has 0 atom stereocenters. The summed E-state index contributed by atoms with van der Waals surface area (Å²) in [6.45, 7) is 4.42. The molecule has 1 aliphatic carbocycles. The SMILES string of the molecule is CCC1=CCCC(C)=C1. The van der Waals surface area contributed by atoms with Gasteiger partial charge in [-0.2, -0.15) is 0 Å². The van der Waals surface area contributed by atoms with Gasteiger partial charge in [-0.1, -0.05) is 30.2 Å². The zero-order chi connectivity index (χ0) is 6.69. The van der Waals surface area contributed by atoms with Gasteiger partial charge in [0.15, 0.2) is 0 Å². The van der Waals surface area contributed by atoms with E-state index < -0.39 is 0 Å². The molecule has 0 aromatic rings. The topological polar surface area (TPSA) is 0 Å². The van der Waals surface area contributed by atoms with Crippen LogP contribution in [0.4, 0.5) is 0 Å². The Balaban J connectivity index is 2.63. The Morgan fingerprint density at radius 2 is 2.33 bits per heavy atom. The lowest BCUT2D eigenvalue weighted by Gasteiger charge is -2.07. The Morgan fingerprint density at radius 3 is 2.78 bits per heavy atom. The van der Waals surface area contributed by atoms with E-state index in [-0.39, 0.29) is 0 Å². The molecule has 0 N–H and O–H groups in total. The Morgan fingerprint density at radius 1 is 1.56 bits per heavy atom. The van der Waals surface area contributed by atoms with Crippen LogP contribution in [0.15, 0.2) is 23.3 Å². The maximum atomic E-state index is 2.34. The summed E-state index contributed by atoms with van der Waals surface area (Å²) in [4.78, 5) is 0. The van der Waals surface area contributed by atoms with Crippen LogP contribution in [0.25, 0.3) is 0 Å². The number of allylic oxidation sites excluding steroid dienone is 4. The van der Waals surface area contributed by atoms with E-state index in [9.17, 15) is 0 Å². The van der Waals surface area contributed by atoms with Gasteiger partial charge in [-0.15, -0.1) is 0 Å². The third-order valence-corrected chi connectivity index (χ3v) is 1.79.